The van der Waals surface area contributed by atoms with Crippen molar-refractivity contribution in [3.05, 3.63) is 29.3 Å². The first-order chi connectivity index (χ1) is 7.67. The molecular formula is C12H15ClO3. The van der Waals surface area contributed by atoms with Gasteiger partial charge in [0.15, 0.2) is 0 Å². The van der Waals surface area contributed by atoms with E-state index in [9.17, 15) is 9.90 Å². The number of phenols is 1. The molecule has 1 rings (SSSR count). The highest BCUT2D eigenvalue weighted by molar-refractivity contribution is 6.17. The molecule has 0 fully saturated rings. The lowest BCUT2D eigenvalue weighted by atomic mass is 10.1. The van der Waals surface area contributed by atoms with E-state index in [0.717, 1.165) is 18.4 Å². The number of phenolic OH excluding ortho intramolecular Hbond substituents is 1. The minimum absolute atomic E-state index is 0.0788. The first-order valence-electron chi connectivity index (χ1n) is 5.23. The van der Waals surface area contributed by atoms with Crippen LogP contribution in [0.5, 0.6) is 5.75 Å². The van der Waals surface area contributed by atoms with E-state index in [1.807, 2.05) is 0 Å². The number of benzene rings is 1. The average molecular weight is 243 g/mol. The van der Waals surface area contributed by atoms with E-state index >= 15 is 0 Å². The van der Waals surface area contributed by atoms with Gasteiger partial charge in [0.2, 0.25) is 0 Å². The van der Waals surface area contributed by atoms with Crippen molar-refractivity contribution in [1.29, 1.82) is 0 Å². The second kappa shape index (κ2) is 6.38. The molecule has 0 amide bonds. The number of aromatic hydroxyl groups is 1. The molecule has 0 aromatic heterocycles. The Balaban J connectivity index is 2.84. The summed E-state index contributed by atoms with van der Waals surface area (Å²) in [5.41, 5.74) is 1.27. The van der Waals surface area contributed by atoms with Crippen LogP contribution in [0.2, 0.25) is 0 Å². The summed E-state index contributed by atoms with van der Waals surface area (Å²) >= 11 is 5.59. The van der Waals surface area contributed by atoms with Gasteiger partial charge in [0.1, 0.15) is 5.75 Å². The van der Waals surface area contributed by atoms with Crippen LogP contribution in [0.25, 0.3) is 0 Å². The molecule has 16 heavy (non-hydrogen) atoms. The number of halogens is 1. The number of carbonyl (C=O) groups is 1. The van der Waals surface area contributed by atoms with Crippen LogP contribution in [0, 0.1) is 0 Å². The molecule has 0 heterocycles. The van der Waals surface area contributed by atoms with Crippen molar-refractivity contribution in [3.8, 4) is 5.75 Å². The maximum atomic E-state index is 11.5. The van der Waals surface area contributed by atoms with Crippen LogP contribution >= 0.6 is 11.6 Å². The van der Waals surface area contributed by atoms with Crippen LogP contribution in [0.3, 0.4) is 0 Å². The van der Waals surface area contributed by atoms with E-state index in [2.05, 4.69) is 0 Å². The van der Waals surface area contributed by atoms with Gasteiger partial charge in [-0.05, 0) is 43.5 Å². The lowest BCUT2D eigenvalue weighted by molar-refractivity contribution is 0.0526. The number of rotatable bonds is 5. The van der Waals surface area contributed by atoms with Crippen LogP contribution < -0.4 is 0 Å². The molecule has 0 aliphatic carbocycles. The van der Waals surface area contributed by atoms with E-state index < -0.39 is 5.97 Å². The first-order valence-corrected chi connectivity index (χ1v) is 5.77. The summed E-state index contributed by atoms with van der Waals surface area (Å²) < 4.78 is 4.87. The van der Waals surface area contributed by atoms with Gasteiger partial charge in [0.25, 0.3) is 0 Å². The van der Waals surface area contributed by atoms with Gasteiger partial charge in [-0.2, -0.15) is 0 Å². The zero-order chi connectivity index (χ0) is 12.0. The molecule has 0 aliphatic heterocycles. The number of esters is 1. The largest absolute Gasteiger partial charge is 0.508 e. The minimum atomic E-state index is -0.412. The molecule has 0 spiro atoms. The monoisotopic (exact) mass is 242 g/mol. The molecule has 1 aromatic carbocycles. The number of carbonyl (C=O) groups excluding carboxylic acids is 1. The Bertz CT molecular complexity index is 363. The van der Waals surface area contributed by atoms with Crippen molar-refractivity contribution in [3.63, 3.8) is 0 Å². The van der Waals surface area contributed by atoms with Gasteiger partial charge in [0, 0.05) is 5.88 Å². The molecule has 0 saturated heterocycles. The quantitative estimate of drug-likeness (QED) is 0.638. The third-order valence-electron chi connectivity index (χ3n) is 2.09. The Morgan fingerprint density at radius 1 is 1.44 bits per heavy atom. The van der Waals surface area contributed by atoms with Gasteiger partial charge in [-0.1, -0.05) is 0 Å². The predicted octanol–water partition coefficient (Wildman–Crippen LogP) is 2.74. The average Bonchev–Trinajstić information content (AvgIpc) is 2.26. The second-order valence-electron chi connectivity index (χ2n) is 3.40. The van der Waals surface area contributed by atoms with Gasteiger partial charge in [-0.15, -0.1) is 11.6 Å². The minimum Gasteiger partial charge on any atom is -0.508 e. The van der Waals surface area contributed by atoms with Crippen molar-refractivity contribution >= 4 is 17.6 Å². The molecule has 0 saturated carbocycles. The van der Waals surface area contributed by atoms with E-state index in [0.29, 0.717) is 18.1 Å². The van der Waals surface area contributed by atoms with Crippen molar-refractivity contribution in [2.45, 2.75) is 19.8 Å². The van der Waals surface area contributed by atoms with E-state index in [4.69, 9.17) is 16.3 Å². The normalized spacial score (nSPS) is 10.1. The lowest BCUT2D eigenvalue weighted by Crippen LogP contribution is -2.05. The SMILES string of the molecule is CCOC(=O)c1cc(O)cc(CCCCl)c1. The third-order valence-corrected chi connectivity index (χ3v) is 2.36. The zero-order valence-corrected chi connectivity index (χ0v) is 9.96. The number of ether oxygens (including phenoxy) is 1. The fourth-order valence-electron chi connectivity index (χ4n) is 1.42. The maximum Gasteiger partial charge on any atom is 0.338 e. The molecule has 0 radical (unpaired) electrons. The van der Waals surface area contributed by atoms with Gasteiger partial charge >= 0.3 is 5.97 Å². The number of hydrogen-bond donors (Lipinski definition) is 1. The Morgan fingerprint density at radius 3 is 2.81 bits per heavy atom. The topological polar surface area (TPSA) is 46.5 Å². The smallest absolute Gasteiger partial charge is 0.338 e. The Kier molecular flexibility index (Phi) is 5.12. The highest BCUT2D eigenvalue weighted by Gasteiger charge is 2.09. The third kappa shape index (κ3) is 3.74. The van der Waals surface area contributed by atoms with Gasteiger partial charge in [0.05, 0.1) is 12.2 Å². The first kappa shape index (κ1) is 12.8. The molecule has 0 aliphatic rings. The number of hydrogen-bond acceptors (Lipinski definition) is 3. The van der Waals surface area contributed by atoms with Crippen LogP contribution in [0.4, 0.5) is 0 Å². The summed E-state index contributed by atoms with van der Waals surface area (Å²) in [6.07, 6.45) is 1.55. The van der Waals surface area contributed by atoms with Crippen LogP contribution in [0.1, 0.15) is 29.3 Å². The Labute approximate surface area is 100.0 Å². The van der Waals surface area contributed by atoms with Crippen LogP contribution in [-0.2, 0) is 11.2 Å². The second-order valence-corrected chi connectivity index (χ2v) is 3.78. The predicted molar refractivity (Wildman–Crippen MR) is 63.1 cm³/mol. The summed E-state index contributed by atoms with van der Waals surface area (Å²) in [5, 5.41) is 9.47. The summed E-state index contributed by atoms with van der Waals surface area (Å²) in [5.74, 6) is 0.227. The summed E-state index contributed by atoms with van der Waals surface area (Å²) in [6, 6.07) is 4.77. The number of aryl methyl sites for hydroxylation is 1. The maximum absolute atomic E-state index is 11.5. The fraction of sp³-hybridized carbons (Fsp3) is 0.417. The van der Waals surface area contributed by atoms with Crippen LogP contribution in [0.15, 0.2) is 18.2 Å². The molecule has 0 bridgehead atoms. The molecule has 1 N–H and O–H groups in total. The van der Waals surface area contributed by atoms with Gasteiger partial charge in [-0.25, -0.2) is 4.79 Å². The van der Waals surface area contributed by atoms with E-state index in [1.165, 1.54) is 6.07 Å². The lowest BCUT2D eigenvalue weighted by Gasteiger charge is -2.06. The van der Waals surface area contributed by atoms with Crippen molar-refractivity contribution in [1.82, 2.24) is 0 Å². The highest BCUT2D eigenvalue weighted by Crippen LogP contribution is 2.18. The Morgan fingerprint density at radius 2 is 2.19 bits per heavy atom. The zero-order valence-electron chi connectivity index (χ0n) is 9.20. The van der Waals surface area contributed by atoms with Gasteiger partial charge < -0.3 is 9.84 Å². The summed E-state index contributed by atoms with van der Waals surface area (Å²) in [4.78, 5) is 11.5. The molecule has 0 atom stereocenters. The van der Waals surface area contributed by atoms with Crippen molar-refractivity contribution in [2.24, 2.45) is 0 Å². The molecular weight excluding hydrogens is 228 g/mol. The fourth-order valence-corrected chi connectivity index (χ4v) is 1.56. The summed E-state index contributed by atoms with van der Waals surface area (Å²) in [7, 11) is 0. The molecule has 4 heteroatoms. The molecule has 3 nitrogen and oxygen atoms in total. The van der Waals surface area contributed by atoms with E-state index in [1.54, 1.807) is 19.1 Å². The number of alkyl halides is 1. The van der Waals surface area contributed by atoms with Crippen molar-refractivity contribution < 1.29 is 14.6 Å². The Hall–Kier alpha value is -1.22. The molecule has 1 aromatic rings. The summed E-state index contributed by atoms with van der Waals surface area (Å²) in [6.45, 7) is 2.07. The van der Waals surface area contributed by atoms with Crippen molar-refractivity contribution in [2.75, 3.05) is 12.5 Å². The molecule has 0 unspecified atom stereocenters. The molecule has 88 valence electrons. The standard InChI is InChI=1S/C12H15ClO3/c1-2-16-12(15)10-6-9(4-3-5-13)7-11(14)8-10/h6-8,14H,2-5H2,1H3. The van der Waals surface area contributed by atoms with E-state index in [-0.39, 0.29) is 5.75 Å². The van der Waals surface area contributed by atoms with Gasteiger partial charge in [-0.3, -0.25) is 0 Å². The highest BCUT2D eigenvalue weighted by atomic mass is 35.5. The van der Waals surface area contributed by atoms with Crippen LogP contribution in [-0.4, -0.2) is 23.6 Å².